The number of halogens is 1. The molecule has 2 heterocycles. The second-order valence-electron chi connectivity index (χ2n) is 3.82. The summed E-state index contributed by atoms with van der Waals surface area (Å²) in [5.74, 6) is 1.41. The van der Waals surface area contributed by atoms with Crippen LogP contribution < -0.4 is 5.73 Å². The molecule has 0 saturated heterocycles. The molecule has 0 bridgehead atoms. The highest BCUT2D eigenvalue weighted by Gasteiger charge is 2.18. The summed E-state index contributed by atoms with van der Waals surface area (Å²) in [4.78, 5) is 10.0. The number of nitrogens with two attached hydrogens (primary N) is 1. The van der Waals surface area contributed by atoms with Gasteiger partial charge in [-0.2, -0.15) is 0 Å². The van der Waals surface area contributed by atoms with Gasteiger partial charge < -0.3 is 5.73 Å². The predicted molar refractivity (Wildman–Crippen MR) is 69.5 cm³/mol. The van der Waals surface area contributed by atoms with Crippen LogP contribution in [-0.2, 0) is 12.8 Å². The SMILES string of the molecule is Nc1nc(-c2ccc(Br)s2)nc2c1CCC2. The summed E-state index contributed by atoms with van der Waals surface area (Å²) in [6.45, 7) is 0. The predicted octanol–water partition coefficient (Wildman–Crippen LogP) is 3.04. The molecular weight excluding hydrogens is 286 g/mol. The zero-order valence-corrected chi connectivity index (χ0v) is 10.9. The Morgan fingerprint density at radius 2 is 2.12 bits per heavy atom. The number of aryl methyl sites for hydroxylation is 1. The lowest BCUT2D eigenvalue weighted by Crippen LogP contribution is -2.02. The summed E-state index contributed by atoms with van der Waals surface area (Å²) in [6, 6.07) is 4.03. The number of anilines is 1. The molecule has 0 spiro atoms. The Balaban J connectivity index is 2.12. The molecule has 0 saturated carbocycles. The van der Waals surface area contributed by atoms with Gasteiger partial charge in [0.15, 0.2) is 5.82 Å². The molecule has 0 aliphatic heterocycles. The lowest BCUT2D eigenvalue weighted by molar-refractivity contribution is 0.900. The molecule has 0 radical (unpaired) electrons. The van der Waals surface area contributed by atoms with Gasteiger partial charge in [0.1, 0.15) is 5.82 Å². The van der Waals surface area contributed by atoms with Crippen molar-refractivity contribution in [2.24, 2.45) is 0 Å². The quantitative estimate of drug-likeness (QED) is 0.880. The van der Waals surface area contributed by atoms with Gasteiger partial charge in [-0.25, -0.2) is 9.97 Å². The van der Waals surface area contributed by atoms with Gasteiger partial charge >= 0.3 is 0 Å². The lowest BCUT2D eigenvalue weighted by atomic mass is 10.2. The van der Waals surface area contributed by atoms with Crippen LogP contribution in [-0.4, -0.2) is 9.97 Å². The van der Waals surface area contributed by atoms with Gasteiger partial charge in [-0.05, 0) is 47.3 Å². The van der Waals surface area contributed by atoms with Crippen LogP contribution in [0.5, 0.6) is 0 Å². The van der Waals surface area contributed by atoms with Gasteiger partial charge in [-0.3, -0.25) is 0 Å². The van der Waals surface area contributed by atoms with E-state index in [-0.39, 0.29) is 0 Å². The molecule has 3 nitrogen and oxygen atoms in total. The van der Waals surface area contributed by atoms with Gasteiger partial charge in [0.25, 0.3) is 0 Å². The van der Waals surface area contributed by atoms with E-state index in [4.69, 9.17) is 5.73 Å². The van der Waals surface area contributed by atoms with E-state index in [1.807, 2.05) is 12.1 Å². The van der Waals surface area contributed by atoms with Crippen molar-refractivity contribution >= 4 is 33.1 Å². The van der Waals surface area contributed by atoms with Crippen molar-refractivity contribution < 1.29 is 0 Å². The van der Waals surface area contributed by atoms with Crippen molar-refractivity contribution in [1.82, 2.24) is 9.97 Å². The monoisotopic (exact) mass is 295 g/mol. The van der Waals surface area contributed by atoms with Gasteiger partial charge in [0, 0.05) is 11.3 Å². The lowest BCUT2D eigenvalue weighted by Gasteiger charge is -2.04. The number of aromatic nitrogens is 2. The first-order valence-electron chi connectivity index (χ1n) is 5.15. The van der Waals surface area contributed by atoms with Crippen LogP contribution >= 0.6 is 27.3 Å². The minimum Gasteiger partial charge on any atom is -0.383 e. The summed E-state index contributed by atoms with van der Waals surface area (Å²) < 4.78 is 1.09. The number of nitrogens with zero attached hydrogens (tertiary/aromatic N) is 2. The number of thiophene rings is 1. The Morgan fingerprint density at radius 1 is 1.25 bits per heavy atom. The van der Waals surface area contributed by atoms with Crippen LogP contribution in [0.4, 0.5) is 5.82 Å². The van der Waals surface area contributed by atoms with Gasteiger partial charge in [-0.15, -0.1) is 11.3 Å². The van der Waals surface area contributed by atoms with Crippen LogP contribution in [0.2, 0.25) is 0 Å². The molecule has 82 valence electrons. The third-order valence-corrected chi connectivity index (χ3v) is 4.38. The molecule has 0 atom stereocenters. The third kappa shape index (κ3) is 1.64. The van der Waals surface area contributed by atoms with E-state index < -0.39 is 0 Å². The molecule has 0 aromatic carbocycles. The van der Waals surface area contributed by atoms with Gasteiger partial charge in [-0.1, -0.05) is 0 Å². The van der Waals surface area contributed by atoms with E-state index in [0.717, 1.165) is 45.0 Å². The molecule has 2 aromatic heterocycles. The Hall–Kier alpha value is -0.940. The van der Waals surface area contributed by atoms with Crippen molar-refractivity contribution in [3.8, 4) is 10.7 Å². The highest BCUT2D eigenvalue weighted by Crippen LogP contribution is 2.32. The zero-order valence-electron chi connectivity index (χ0n) is 8.53. The Labute approximate surface area is 106 Å². The summed E-state index contributed by atoms with van der Waals surface area (Å²) in [5.41, 5.74) is 8.24. The summed E-state index contributed by atoms with van der Waals surface area (Å²) >= 11 is 5.07. The van der Waals surface area contributed by atoms with E-state index in [1.165, 1.54) is 0 Å². The second kappa shape index (κ2) is 3.82. The van der Waals surface area contributed by atoms with Crippen LogP contribution in [0.3, 0.4) is 0 Å². The summed E-state index contributed by atoms with van der Waals surface area (Å²) in [6.07, 6.45) is 3.20. The molecular formula is C11H10BrN3S. The topological polar surface area (TPSA) is 51.8 Å². The maximum atomic E-state index is 5.96. The highest BCUT2D eigenvalue weighted by atomic mass is 79.9. The molecule has 5 heteroatoms. The fourth-order valence-corrected chi connectivity index (χ4v) is 3.33. The number of nitrogen functional groups attached to an aromatic ring is 1. The molecule has 0 fully saturated rings. The molecule has 0 unspecified atom stereocenters. The number of hydrogen-bond acceptors (Lipinski definition) is 4. The maximum Gasteiger partial charge on any atom is 0.171 e. The van der Waals surface area contributed by atoms with Crippen LogP contribution in [0, 0.1) is 0 Å². The van der Waals surface area contributed by atoms with Crippen molar-refractivity contribution in [3.63, 3.8) is 0 Å². The van der Waals surface area contributed by atoms with E-state index in [0.29, 0.717) is 5.82 Å². The molecule has 1 aliphatic carbocycles. The molecule has 3 rings (SSSR count). The van der Waals surface area contributed by atoms with Crippen molar-refractivity contribution in [2.45, 2.75) is 19.3 Å². The second-order valence-corrected chi connectivity index (χ2v) is 6.28. The van der Waals surface area contributed by atoms with E-state index in [2.05, 4.69) is 25.9 Å². The standard InChI is InChI=1S/C11H10BrN3S/c12-9-5-4-8(16-9)11-14-7-3-1-2-6(7)10(13)15-11/h4-5H,1-3H2,(H2,13,14,15). The molecule has 1 aliphatic rings. The van der Waals surface area contributed by atoms with Crippen LogP contribution in [0.25, 0.3) is 10.7 Å². The smallest absolute Gasteiger partial charge is 0.171 e. The molecule has 16 heavy (non-hydrogen) atoms. The van der Waals surface area contributed by atoms with Crippen molar-refractivity contribution in [2.75, 3.05) is 5.73 Å². The van der Waals surface area contributed by atoms with Crippen LogP contribution in [0.1, 0.15) is 17.7 Å². The van der Waals surface area contributed by atoms with Gasteiger partial charge in [0.2, 0.25) is 0 Å². The molecule has 2 aromatic rings. The minimum atomic E-state index is 0.655. The normalized spacial score (nSPS) is 14.1. The first-order chi connectivity index (χ1) is 7.74. The first-order valence-corrected chi connectivity index (χ1v) is 6.76. The number of hydrogen-bond donors (Lipinski definition) is 1. The Kier molecular flexibility index (Phi) is 2.44. The van der Waals surface area contributed by atoms with Crippen LogP contribution in [0.15, 0.2) is 15.9 Å². The highest BCUT2D eigenvalue weighted by molar-refractivity contribution is 9.11. The minimum absolute atomic E-state index is 0.655. The third-order valence-electron chi connectivity index (χ3n) is 2.76. The summed E-state index contributed by atoms with van der Waals surface area (Å²) in [7, 11) is 0. The number of fused-ring (bicyclic) bond motifs is 1. The average molecular weight is 296 g/mol. The van der Waals surface area contributed by atoms with E-state index >= 15 is 0 Å². The van der Waals surface area contributed by atoms with Gasteiger partial charge in [0.05, 0.1) is 8.66 Å². The van der Waals surface area contributed by atoms with Crippen molar-refractivity contribution in [1.29, 1.82) is 0 Å². The fourth-order valence-electron chi connectivity index (χ4n) is 2.01. The van der Waals surface area contributed by atoms with E-state index in [1.54, 1.807) is 11.3 Å². The maximum absolute atomic E-state index is 5.96. The Bertz CT molecular complexity index is 550. The Morgan fingerprint density at radius 3 is 2.88 bits per heavy atom. The van der Waals surface area contributed by atoms with E-state index in [9.17, 15) is 0 Å². The van der Waals surface area contributed by atoms with Crippen molar-refractivity contribution in [3.05, 3.63) is 27.2 Å². The number of rotatable bonds is 1. The molecule has 0 amide bonds. The molecule has 2 N–H and O–H groups in total. The fraction of sp³-hybridized carbons (Fsp3) is 0.273. The zero-order chi connectivity index (χ0) is 11.1. The largest absolute Gasteiger partial charge is 0.383 e. The average Bonchev–Trinajstić information content (AvgIpc) is 2.85. The summed E-state index contributed by atoms with van der Waals surface area (Å²) in [5, 5.41) is 0. The first kappa shape index (κ1) is 10.2.